The van der Waals surface area contributed by atoms with Gasteiger partial charge < -0.3 is 37.9 Å². The first-order chi connectivity index (χ1) is 25.9. The first-order valence-electron chi connectivity index (χ1n) is 16.9. The second-order valence-corrected chi connectivity index (χ2v) is 18.0. The number of benzene rings is 2. The van der Waals surface area contributed by atoms with Crippen LogP contribution in [0.2, 0.25) is 0 Å². The molecule has 2 aromatic rings. The van der Waals surface area contributed by atoms with Crippen LogP contribution in [0.4, 0.5) is 9.59 Å². The van der Waals surface area contributed by atoms with Crippen molar-refractivity contribution in [1.29, 1.82) is 0 Å². The van der Waals surface area contributed by atoms with Crippen molar-refractivity contribution in [3.05, 3.63) is 71.8 Å². The summed E-state index contributed by atoms with van der Waals surface area (Å²) >= 11 is 14.5. The van der Waals surface area contributed by atoms with Gasteiger partial charge in [0.15, 0.2) is 12.6 Å². The van der Waals surface area contributed by atoms with Crippen LogP contribution in [0.1, 0.15) is 51.7 Å². The molecule has 0 spiro atoms. The molecule has 2 rings (SSSR count). The van der Waals surface area contributed by atoms with E-state index < -0.39 is 34.4 Å². The number of thiocarbonyl (C=S) groups is 2. The third-order valence-electron chi connectivity index (χ3n) is 6.56. The lowest BCUT2D eigenvalue weighted by Gasteiger charge is -2.17. The zero-order chi connectivity index (χ0) is 39.6. The summed E-state index contributed by atoms with van der Waals surface area (Å²) in [5.41, 5.74) is 1.76. The van der Waals surface area contributed by atoms with Crippen LogP contribution in [0.25, 0.3) is 0 Å². The van der Waals surface area contributed by atoms with E-state index >= 15 is 0 Å². The average molecular weight is 863 g/mol. The van der Waals surface area contributed by atoms with Crippen molar-refractivity contribution in [3.63, 3.8) is 0 Å². The third kappa shape index (κ3) is 24.3. The number of thioether (sulfide) groups is 4. The maximum absolute atomic E-state index is 12.3. The van der Waals surface area contributed by atoms with E-state index in [4.69, 9.17) is 62.3 Å². The van der Waals surface area contributed by atoms with Gasteiger partial charge in [-0.25, -0.2) is 9.59 Å². The molecule has 12 nitrogen and oxygen atoms in total. The van der Waals surface area contributed by atoms with Crippen LogP contribution in [0.15, 0.2) is 60.7 Å². The molecular formula is C36H46O12S6. The van der Waals surface area contributed by atoms with Crippen molar-refractivity contribution >= 4 is 101 Å². The zero-order valence-corrected chi connectivity index (χ0v) is 35.4. The highest BCUT2D eigenvalue weighted by Crippen LogP contribution is 2.27. The first-order valence-corrected chi connectivity index (χ1v) is 21.1. The van der Waals surface area contributed by atoms with Crippen LogP contribution in [-0.2, 0) is 60.7 Å². The van der Waals surface area contributed by atoms with Crippen molar-refractivity contribution in [1.82, 2.24) is 0 Å². The Morgan fingerprint density at radius 2 is 1.00 bits per heavy atom. The van der Waals surface area contributed by atoms with E-state index in [1.54, 1.807) is 20.8 Å². The van der Waals surface area contributed by atoms with E-state index in [1.807, 2.05) is 67.6 Å². The number of carbonyl (C=O) groups is 4. The van der Waals surface area contributed by atoms with Crippen LogP contribution in [0.5, 0.6) is 0 Å². The number of carbonyl (C=O) groups excluding carboxylic acids is 4. The van der Waals surface area contributed by atoms with Gasteiger partial charge in [-0.2, -0.15) is 0 Å². The summed E-state index contributed by atoms with van der Waals surface area (Å²) in [4.78, 5) is 48.5. The van der Waals surface area contributed by atoms with E-state index in [9.17, 15) is 19.2 Å². The second kappa shape index (κ2) is 29.0. The molecule has 2 aromatic carbocycles. The van der Waals surface area contributed by atoms with E-state index in [2.05, 4.69) is 0 Å². The molecular weight excluding hydrogens is 817 g/mol. The van der Waals surface area contributed by atoms with E-state index in [0.717, 1.165) is 46.4 Å². The van der Waals surface area contributed by atoms with Gasteiger partial charge in [-0.1, -0.05) is 104 Å². The monoisotopic (exact) mass is 862 g/mol. The molecule has 0 saturated carbocycles. The fraction of sp³-hybridized carbons (Fsp3) is 0.500. The molecule has 0 heterocycles. The minimum atomic E-state index is -0.617. The van der Waals surface area contributed by atoms with Gasteiger partial charge in [0.05, 0.1) is 26.4 Å². The summed E-state index contributed by atoms with van der Waals surface area (Å²) in [5, 5.41) is -1.62. The molecule has 4 unspecified atom stereocenters. The van der Waals surface area contributed by atoms with Crippen LogP contribution in [0, 0.1) is 0 Å². The molecule has 0 aliphatic heterocycles. The van der Waals surface area contributed by atoms with Gasteiger partial charge >= 0.3 is 22.5 Å². The Bertz CT molecular complexity index is 1440. The Hall–Kier alpha value is -2.26. The molecule has 0 bridgehead atoms. The number of hydrogen-bond acceptors (Lipinski definition) is 18. The number of esters is 2. The van der Waals surface area contributed by atoms with Crippen LogP contribution < -0.4 is 0 Å². The molecule has 0 radical (unpaired) electrons. The van der Waals surface area contributed by atoms with Gasteiger partial charge in [-0.3, -0.25) is 9.59 Å². The Morgan fingerprint density at radius 3 is 1.48 bits per heavy atom. The van der Waals surface area contributed by atoms with E-state index in [0.29, 0.717) is 9.95 Å². The minimum Gasteiger partial charge on any atom is -0.463 e. The van der Waals surface area contributed by atoms with Crippen molar-refractivity contribution in [2.45, 2.75) is 76.8 Å². The van der Waals surface area contributed by atoms with Crippen molar-refractivity contribution in [3.8, 4) is 0 Å². The van der Waals surface area contributed by atoms with E-state index in [1.165, 1.54) is 11.8 Å². The molecule has 0 aliphatic carbocycles. The third-order valence-corrected chi connectivity index (χ3v) is 11.2. The molecule has 0 amide bonds. The molecule has 0 N–H and O–H groups in total. The highest BCUT2D eigenvalue weighted by atomic mass is 32.2. The Kier molecular flexibility index (Phi) is 25.8. The maximum atomic E-state index is 12.3. The standard InChI is InChI=1S/C36H46O12S6/c1-25(51-35(49)53-33(39)47-23-29-11-7-5-8-12-29)15-16-31(37)45-21-19-43-27(3)41-17-18-42-28(4)44-20-22-46-32(38)26(2)52-36(50)54-34(40)48-24-30-13-9-6-10-14-30/h5-14,25-28H,15-24H2,1-4H3. The Balaban J connectivity index is 1.41. The smallest absolute Gasteiger partial charge is 0.373 e. The average Bonchev–Trinajstić information content (AvgIpc) is 3.15. The first kappa shape index (κ1) is 47.9. The van der Waals surface area contributed by atoms with Gasteiger partial charge in [0.1, 0.15) is 38.7 Å². The largest absolute Gasteiger partial charge is 0.463 e. The summed E-state index contributed by atoms with van der Waals surface area (Å²) in [7, 11) is 0. The van der Waals surface area contributed by atoms with Crippen LogP contribution >= 0.6 is 71.5 Å². The number of hydrogen-bond donors (Lipinski definition) is 0. The predicted molar refractivity (Wildman–Crippen MR) is 222 cm³/mol. The highest BCUT2D eigenvalue weighted by Gasteiger charge is 2.20. The molecule has 0 aromatic heterocycles. The van der Waals surface area contributed by atoms with Crippen LogP contribution in [0.3, 0.4) is 0 Å². The van der Waals surface area contributed by atoms with Crippen molar-refractivity contribution in [2.24, 2.45) is 0 Å². The molecule has 0 saturated heterocycles. The lowest BCUT2D eigenvalue weighted by atomic mass is 10.2. The zero-order valence-electron chi connectivity index (χ0n) is 30.5. The predicted octanol–water partition coefficient (Wildman–Crippen LogP) is 8.56. The Labute approximate surface area is 344 Å². The lowest BCUT2D eigenvalue weighted by Crippen LogP contribution is -2.24. The number of rotatable bonds is 23. The van der Waals surface area contributed by atoms with Gasteiger partial charge in [0.2, 0.25) is 0 Å². The topological polar surface area (TPSA) is 142 Å². The molecule has 0 fully saturated rings. The quantitative estimate of drug-likeness (QED) is 0.0346. The van der Waals surface area contributed by atoms with Crippen molar-refractivity contribution < 1.29 is 57.1 Å². The summed E-state index contributed by atoms with van der Waals surface area (Å²) in [6.07, 6.45) is -0.394. The van der Waals surface area contributed by atoms with Gasteiger partial charge in [0.25, 0.3) is 0 Å². The summed E-state index contributed by atoms with van der Waals surface area (Å²) in [6, 6.07) is 18.7. The summed E-state index contributed by atoms with van der Waals surface area (Å²) in [6.45, 7) is 8.13. The highest BCUT2D eigenvalue weighted by molar-refractivity contribution is 8.52. The lowest BCUT2D eigenvalue weighted by molar-refractivity contribution is -0.179. The van der Waals surface area contributed by atoms with Crippen LogP contribution in [-0.4, -0.2) is 92.3 Å². The fourth-order valence-electron chi connectivity index (χ4n) is 3.85. The Morgan fingerprint density at radius 1 is 0.574 bits per heavy atom. The SMILES string of the molecule is CC(OCCOC(=O)CCC(C)SC(=S)SC(=O)OCc1ccccc1)OCCOC(C)OCCOC(=O)C(C)SC(=S)SC(=O)OCc1ccccc1. The molecule has 54 heavy (non-hydrogen) atoms. The normalized spacial score (nSPS) is 13.2. The summed E-state index contributed by atoms with van der Waals surface area (Å²) in [5.74, 6) is -0.848. The van der Waals surface area contributed by atoms with E-state index in [-0.39, 0.29) is 74.0 Å². The van der Waals surface area contributed by atoms with Crippen molar-refractivity contribution in [2.75, 3.05) is 39.6 Å². The maximum Gasteiger partial charge on any atom is 0.373 e. The molecule has 298 valence electrons. The van der Waals surface area contributed by atoms with Gasteiger partial charge in [0, 0.05) is 35.2 Å². The van der Waals surface area contributed by atoms with Gasteiger partial charge in [-0.15, -0.1) is 11.8 Å². The van der Waals surface area contributed by atoms with Gasteiger partial charge in [-0.05, 0) is 38.3 Å². The fourth-order valence-corrected chi connectivity index (χ4v) is 8.43. The molecule has 4 atom stereocenters. The minimum absolute atomic E-state index is 0.0107. The second-order valence-electron chi connectivity index (χ2n) is 11.0. The number of ether oxygens (including phenoxy) is 8. The molecule has 18 heteroatoms. The molecule has 0 aliphatic rings. The summed E-state index contributed by atoms with van der Waals surface area (Å²) < 4.78 is 43.7.